The van der Waals surface area contributed by atoms with Crippen molar-refractivity contribution in [1.29, 1.82) is 0 Å². The third-order valence-electron chi connectivity index (χ3n) is 2.13. The molecule has 0 amide bonds. The third kappa shape index (κ3) is 5.50. The SMILES string of the molecule is COC(=O)C(F)(OC(F)(OC(F)(F)C(F)(F)F)C(=O)O)OC(F)(F)C(F)(F)F. The Balaban J connectivity index is 6.18. The topological polar surface area (TPSA) is 91.3 Å². The predicted molar refractivity (Wildman–Crippen MR) is 52.6 cm³/mol. The number of carboxylic acids is 1. The fourth-order valence-electron chi connectivity index (χ4n) is 0.949. The molecule has 2 atom stereocenters. The molecule has 0 bridgehead atoms. The van der Waals surface area contributed by atoms with Gasteiger partial charge >= 0.3 is 48.6 Å². The van der Waals surface area contributed by atoms with Crippen LogP contribution in [0.3, 0.4) is 0 Å². The largest absolute Gasteiger partial charge is 0.483 e. The van der Waals surface area contributed by atoms with Crippen molar-refractivity contribution in [2.45, 2.75) is 36.7 Å². The maximum atomic E-state index is 13.9. The van der Waals surface area contributed by atoms with E-state index in [-0.39, 0.29) is 7.11 Å². The van der Waals surface area contributed by atoms with Crippen LogP contribution >= 0.6 is 0 Å². The van der Waals surface area contributed by atoms with Crippen LogP contribution < -0.4 is 0 Å². The van der Waals surface area contributed by atoms with Gasteiger partial charge in [-0.1, -0.05) is 0 Å². The van der Waals surface area contributed by atoms with Crippen LogP contribution in [0.5, 0.6) is 0 Å². The van der Waals surface area contributed by atoms with E-state index in [9.17, 15) is 62.3 Å². The number of methoxy groups -OCH3 is 1. The Bertz CT molecular complexity index is 601. The van der Waals surface area contributed by atoms with E-state index in [1.54, 1.807) is 0 Å². The van der Waals surface area contributed by atoms with Crippen LogP contribution in [0.25, 0.3) is 0 Å². The van der Waals surface area contributed by atoms with Crippen molar-refractivity contribution in [3.63, 3.8) is 0 Å². The van der Waals surface area contributed by atoms with Gasteiger partial charge in [0.2, 0.25) is 0 Å². The highest BCUT2D eigenvalue weighted by molar-refractivity contribution is 5.78. The van der Waals surface area contributed by atoms with Gasteiger partial charge in [0, 0.05) is 0 Å². The molecule has 19 heteroatoms. The first-order valence-electron chi connectivity index (χ1n) is 5.74. The Morgan fingerprint density at radius 2 is 0.964 bits per heavy atom. The summed E-state index contributed by atoms with van der Waals surface area (Å²) in [6.45, 7) is 0. The van der Waals surface area contributed by atoms with Gasteiger partial charge in [0.25, 0.3) is 0 Å². The molecule has 166 valence electrons. The fraction of sp³-hybridized carbons (Fsp3) is 0.778. The number of esters is 1. The van der Waals surface area contributed by atoms with E-state index >= 15 is 0 Å². The molecule has 0 spiro atoms. The number of aliphatic carboxylic acids is 1. The number of alkyl halides is 12. The van der Waals surface area contributed by atoms with E-state index in [1.807, 2.05) is 4.74 Å². The first-order chi connectivity index (χ1) is 12.0. The minimum absolute atomic E-state index is 0.0268. The number of carbonyl (C=O) groups is 2. The molecule has 0 saturated heterocycles. The van der Waals surface area contributed by atoms with E-state index in [4.69, 9.17) is 5.11 Å². The summed E-state index contributed by atoms with van der Waals surface area (Å²) in [5, 5.41) is 8.23. The molecule has 0 aliphatic heterocycles. The van der Waals surface area contributed by atoms with Gasteiger partial charge < -0.3 is 9.84 Å². The number of halogens is 12. The van der Waals surface area contributed by atoms with Crippen LogP contribution in [0.2, 0.25) is 0 Å². The average Bonchev–Trinajstić information content (AvgIpc) is 2.42. The Morgan fingerprint density at radius 3 is 1.21 bits per heavy atom. The van der Waals surface area contributed by atoms with Crippen molar-refractivity contribution < 1.29 is 86.3 Å². The number of hydrogen-bond donors (Lipinski definition) is 1. The smallest absolute Gasteiger partial charge is 0.475 e. The maximum Gasteiger partial charge on any atom is 0.483 e. The van der Waals surface area contributed by atoms with Crippen molar-refractivity contribution in [3.05, 3.63) is 0 Å². The lowest BCUT2D eigenvalue weighted by Gasteiger charge is -2.33. The molecule has 0 aliphatic carbocycles. The maximum absolute atomic E-state index is 13.9. The second-order valence-electron chi connectivity index (χ2n) is 4.20. The molecule has 0 heterocycles. The molecule has 2 unspecified atom stereocenters. The quantitative estimate of drug-likeness (QED) is 0.344. The van der Waals surface area contributed by atoms with Gasteiger partial charge in [-0.25, -0.2) is 23.8 Å². The summed E-state index contributed by atoms with van der Waals surface area (Å²) in [7, 11) is -0.0268. The predicted octanol–water partition coefficient (Wildman–Crippen LogP) is 2.85. The Labute approximate surface area is 143 Å². The highest BCUT2D eigenvalue weighted by Crippen LogP contribution is 2.45. The molecule has 28 heavy (non-hydrogen) atoms. The second kappa shape index (κ2) is 7.43. The molecule has 0 rings (SSSR count). The van der Waals surface area contributed by atoms with Gasteiger partial charge in [-0.15, -0.1) is 0 Å². The van der Waals surface area contributed by atoms with E-state index in [0.717, 1.165) is 0 Å². The minimum atomic E-state index is -6.93. The van der Waals surface area contributed by atoms with Gasteiger partial charge in [0.1, 0.15) is 0 Å². The van der Waals surface area contributed by atoms with Crippen LogP contribution in [0, 0.1) is 0 Å². The summed E-state index contributed by atoms with van der Waals surface area (Å²) in [4.78, 5) is 21.4. The van der Waals surface area contributed by atoms with E-state index in [1.165, 1.54) is 0 Å². The lowest BCUT2D eigenvalue weighted by Crippen LogP contribution is -2.59. The molecule has 0 aromatic carbocycles. The summed E-state index contributed by atoms with van der Waals surface area (Å²) in [5.41, 5.74) is 0. The van der Waals surface area contributed by atoms with E-state index in [0.29, 0.717) is 0 Å². The van der Waals surface area contributed by atoms with E-state index in [2.05, 4.69) is 14.2 Å². The lowest BCUT2D eigenvalue weighted by molar-refractivity contribution is -0.528. The Kier molecular flexibility index (Phi) is 6.89. The van der Waals surface area contributed by atoms with Crippen molar-refractivity contribution >= 4 is 11.9 Å². The zero-order chi connectivity index (χ0) is 23.0. The highest BCUT2D eigenvalue weighted by Gasteiger charge is 2.71. The van der Waals surface area contributed by atoms with Crippen LogP contribution in [-0.4, -0.2) is 60.8 Å². The first kappa shape index (κ1) is 26.0. The number of ether oxygens (including phenoxy) is 4. The molecule has 0 saturated carbocycles. The molecule has 0 aromatic heterocycles. The van der Waals surface area contributed by atoms with Crippen molar-refractivity contribution in [3.8, 4) is 0 Å². The fourth-order valence-corrected chi connectivity index (χ4v) is 0.949. The van der Waals surface area contributed by atoms with Crippen molar-refractivity contribution in [1.82, 2.24) is 0 Å². The first-order valence-corrected chi connectivity index (χ1v) is 5.74. The number of hydrogen-bond acceptors (Lipinski definition) is 6. The molecular formula is C9H4F12O7. The molecule has 0 fully saturated rings. The molecule has 7 nitrogen and oxygen atoms in total. The molecule has 0 radical (unpaired) electrons. The molecule has 0 aliphatic rings. The molecule has 0 aromatic rings. The van der Waals surface area contributed by atoms with Crippen LogP contribution in [0.4, 0.5) is 52.7 Å². The lowest BCUT2D eigenvalue weighted by atomic mass is 10.5. The van der Waals surface area contributed by atoms with Crippen molar-refractivity contribution in [2.75, 3.05) is 7.11 Å². The third-order valence-corrected chi connectivity index (χ3v) is 2.13. The number of carboxylic acid groups (broad SMARTS) is 1. The van der Waals surface area contributed by atoms with Gasteiger partial charge in [0.15, 0.2) is 0 Å². The van der Waals surface area contributed by atoms with Gasteiger partial charge in [-0.3, -0.25) is 0 Å². The monoisotopic (exact) mass is 452 g/mol. The average molecular weight is 452 g/mol. The zero-order valence-corrected chi connectivity index (χ0v) is 12.4. The van der Waals surface area contributed by atoms with Gasteiger partial charge in [0.05, 0.1) is 7.11 Å². The highest BCUT2D eigenvalue weighted by atomic mass is 19.4. The number of rotatable bonds is 8. The van der Waals surface area contributed by atoms with Crippen LogP contribution in [0.15, 0.2) is 0 Å². The summed E-state index contributed by atoms with van der Waals surface area (Å²) in [5.74, 6) is -7.06. The summed E-state index contributed by atoms with van der Waals surface area (Å²) in [6, 6.07) is -12.3. The summed E-state index contributed by atoms with van der Waals surface area (Å²) < 4.78 is 160. The summed E-state index contributed by atoms with van der Waals surface area (Å²) >= 11 is 0. The number of carbonyl (C=O) groups excluding carboxylic acids is 1. The standard InChI is InChI=1S/C9H4F12O7/c1-25-3(24)5(11,28-9(20,21)7(15,16)17)26-4(10,2(22)23)27-8(18,19)6(12,13)14/h1H3,(H,22,23). The van der Waals surface area contributed by atoms with Crippen LogP contribution in [0.1, 0.15) is 0 Å². The normalized spacial score (nSPS) is 18.2. The Morgan fingerprint density at radius 1 is 0.643 bits per heavy atom. The minimum Gasteiger partial charge on any atom is -0.475 e. The van der Waals surface area contributed by atoms with Gasteiger partial charge in [-0.05, 0) is 0 Å². The van der Waals surface area contributed by atoms with Gasteiger partial charge in [-0.2, -0.15) is 52.7 Å². The molecular weight excluding hydrogens is 448 g/mol. The van der Waals surface area contributed by atoms with Crippen molar-refractivity contribution in [2.24, 2.45) is 0 Å². The van der Waals surface area contributed by atoms with Crippen LogP contribution in [-0.2, 0) is 28.5 Å². The zero-order valence-electron chi connectivity index (χ0n) is 12.4. The molecule has 1 N–H and O–H groups in total. The summed E-state index contributed by atoms with van der Waals surface area (Å²) in [6.07, 6.45) is -27.5. The Hall–Kier alpha value is -2.02. The second-order valence-corrected chi connectivity index (χ2v) is 4.20. The van der Waals surface area contributed by atoms with E-state index < -0.39 is 48.6 Å².